The van der Waals surface area contributed by atoms with Gasteiger partial charge in [-0.1, -0.05) is 0 Å². The summed E-state index contributed by atoms with van der Waals surface area (Å²) < 4.78 is 4.37. The molecule has 0 atom stereocenters. The first-order chi connectivity index (χ1) is 6.73. The molecule has 0 heterocycles. The van der Waals surface area contributed by atoms with Crippen LogP contribution in [0.5, 0.6) is 0 Å². The van der Waals surface area contributed by atoms with Crippen molar-refractivity contribution in [1.82, 2.24) is 4.90 Å². The lowest BCUT2D eigenvalue weighted by atomic mass is 9.85. The second-order valence-electron chi connectivity index (χ2n) is 4.00. The molecule has 0 saturated carbocycles. The van der Waals surface area contributed by atoms with Crippen LogP contribution >= 0.6 is 0 Å². The Morgan fingerprint density at radius 2 is 1.67 bits per heavy atom. The number of Topliss-reactive ketones (excluding diaryl/α,β-unsaturated/α-hetero) is 1. The van der Waals surface area contributed by atoms with Gasteiger partial charge in [-0.15, -0.1) is 0 Å². The van der Waals surface area contributed by atoms with E-state index in [0.29, 0.717) is 0 Å². The van der Waals surface area contributed by atoms with Crippen molar-refractivity contribution in [2.75, 3.05) is 21.2 Å². The Balaban J connectivity index is 4.66. The standard InChI is InChI=1S/C10H17NO4/c1-10(2,9(14)11(3)4)7(12)6-8(13)15-5/h6H2,1-5H3. The van der Waals surface area contributed by atoms with Crippen LogP contribution in [0.3, 0.4) is 0 Å². The molecule has 0 rings (SSSR count). The summed E-state index contributed by atoms with van der Waals surface area (Å²) >= 11 is 0. The van der Waals surface area contributed by atoms with E-state index in [1.54, 1.807) is 14.1 Å². The van der Waals surface area contributed by atoms with Gasteiger partial charge in [-0.2, -0.15) is 0 Å². The number of ketones is 1. The summed E-state index contributed by atoms with van der Waals surface area (Å²) in [5, 5.41) is 0. The molecule has 0 unspecified atom stereocenters. The maximum Gasteiger partial charge on any atom is 0.313 e. The van der Waals surface area contributed by atoms with Crippen molar-refractivity contribution < 1.29 is 19.1 Å². The first-order valence-corrected chi connectivity index (χ1v) is 4.55. The molecule has 0 aromatic carbocycles. The summed E-state index contributed by atoms with van der Waals surface area (Å²) in [7, 11) is 4.33. The van der Waals surface area contributed by atoms with Crippen LogP contribution in [0.15, 0.2) is 0 Å². The maximum absolute atomic E-state index is 11.6. The second kappa shape index (κ2) is 4.91. The van der Waals surface area contributed by atoms with Gasteiger partial charge in [0.1, 0.15) is 11.8 Å². The molecule has 0 aromatic rings. The van der Waals surface area contributed by atoms with E-state index in [1.807, 2.05) is 0 Å². The van der Waals surface area contributed by atoms with Gasteiger partial charge in [-0.3, -0.25) is 14.4 Å². The highest BCUT2D eigenvalue weighted by atomic mass is 16.5. The smallest absolute Gasteiger partial charge is 0.313 e. The van der Waals surface area contributed by atoms with Crippen LogP contribution in [0, 0.1) is 5.41 Å². The van der Waals surface area contributed by atoms with E-state index in [4.69, 9.17) is 0 Å². The van der Waals surface area contributed by atoms with Crippen molar-refractivity contribution in [3.05, 3.63) is 0 Å². The minimum Gasteiger partial charge on any atom is -0.469 e. The third-order valence-corrected chi connectivity index (χ3v) is 2.17. The number of amides is 1. The Morgan fingerprint density at radius 1 is 1.20 bits per heavy atom. The first-order valence-electron chi connectivity index (χ1n) is 4.55. The number of carbonyl (C=O) groups excluding carboxylic acids is 3. The lowest BCUT2D eigenvalue weighted by Crippen LogP contribution is -2.42. The van der Waals surface area contributed by atoms with Crippen molar-refractivity contribution in [2.24, 2.45) is 5.41 Å². The summed E-state index contributed by atoms with van der Waals surface area (Å²) in [5.41, 5.74) is -1.18. The van der Waals surface area contributed by atoms with E-state index < -0.39 is 17.2 Å². The Labute approximate surface area is 89.4 Å². The van der Waals surface area contributed by atoms with Gasteiger partial charge in [0.15, 0.2) is 5.78 Å². The van der Waals surface area contributed by atoms with Crippen molar-refractivity contribution in [2.45, 2.75) is 20.3 Å². The van der Waals surface area contributed by atoms with E-state index >= 15 is 0 Å². The summed E-state index contributed by atoms with van der Waals surface area (Å²) in [6.07, 6.45) is -0.372. The molecule has 0 fully saturated rings. The molecule has 86 valence electrons. The molecule has 5 nitrogen and oxygen atoms in total. The number of ether oxygens (including phenoxy) is 1. The van der Waals surface area contributed by atoms with Crippen molar-refractivity contribution in [3.8, 4) is 0 Å². The third kappa shape index (κ3) is 3.34. The topological polar surface area (TPSA) is 63.7 Å². The Kier molecular flexibility index (Phi) is 4.45. The van der Waals surface area contributed by atoms with E-state index in [2.05, 4.69) is 4.74 Å². The van der Waals surface area contributed by atoms with Gasteiger partial charge in [0.2, 0.25) is 5.91 Å². The molecule has 15 heavy (non-hydrogen) atoms. The zero-order valence-electron chi connectivity index (χ0n) is 9.79. The first kappa shape index (κ1) is 13.6. The van der Waals surface area contributed by atoms with Crippen molar-refractivity contribution in [3.63, 3.8) is 0 Å². The van der Waals surface area contributed by atoms with E-state index in [-0.39, 0.29) is 12.3 Å². The van der Waals surface area contributed by atoms with E-state index in [9.17, 15) is 14.4 Å². The predicted octanol–water partition coefficient (Wildman–Crippen LogP) is 0.233. The van der Waals surface area contributed by atoms with E-state index in [1.165, 1.54) is 25.9 Å². The number of esters is 1. The number of hydrogen-bond acceptors (Lipinski definition) is 4. The summed E-state index contributed by atoms with van der Waals surface area (Å²) in [6, 6.07) is 0. The number of methoxy groups -OCH3 is 1. The third-order valence-electron chi connectivity index (χ3n) is 2.17. The van der Waals surface area contributed by atoms with E-state index in [0.717, 1.165) is 0 Å². The van der Waals surface area contributed by atoms with Gasteiger partial charge in [-0.25, -0.2) is 0 Å². The molecule has 0 radical (unpaired) electrons. The summed E-state index contributed by atoms with van der Waals surface area (Å²) in [4.78, 5) is 35.5. The number of rotatable bonds is 4. The zero-order valence-corrected chi connectivity index (χ0v) is 9.79. The second-order valence-corrected chi connectivity index (χ2v) is 4.00. The number of carbonyl (C=O) groups is 3. The molecule has 0 spiro atoms. The average Bonchev–Trinajstić information content (AvgIpc) is 2.15. The molecule has 1 amide bonds. The fourth-order valence-electron chi connectivity index (χ4n) is 1.10. The largest absolute Gasteiger partial charge is 0.469 e. The molecule has 0 aliphatic heterocycles. The molecule has 0 aliphatic carbocycles. The molecule has 0 N–H and O–H groups in total. The minimum atomic E-state index is -1.18. The van der Waals surface area contributed by atoms with Gasteiger partial charge in [-0.05, 0) is 13.8 Å². The molecule has 5 heteroatoms. The van der Waals surface area contributed by atoms with Gasteiger partial charge < -0.3 is 9.64 Å². The van der Waals surface area contributed by atoms with Gasteiger partial charge in [0.25, 0.3) is 0 Å². The van der Waals surface area contributed by atoms with Crippen LogP contribution in [0.1, 0.15) is 20.3 Å². The van der Waals surface area contributed by atoms with Gasteiger partial charge >= 0.3 is 5.97 Å². The van der Waals surface area contributed by atoms with Crippen molar-refractivity contribution in [1.29, 1.82) is 0 Å². The van der Waals surface area contributed by atoms with Crippen LogP contribution in [0.2, 0.25) is 0 Å². The highest BCUT2D eigenvalue weighted by Gasteiger charge is 2.37. The number of nitrogens with zero attached hydrogens (tertiary/aromatic N) is 1. The van der Waals surface area contributed by atoms with Gasteiger partial charge in [0.05, 0.1) is 7.11 Å². The lowest BCUT2D eigenvalue weighted by molar-refractivity contribution is -0.150. The highest BCUT2D eigenvalue weighted by Crippen LogP contribution is 2.21. The van der Waals surface area contributed by atoms with Crippen molar-refractivity contribution >= 4 is 17.7 Å². The van der Waals surface area contributed by atoms with Crippen LogP contribution in [0.25, 0.3) is 0 Å². The van der Waals surface area contributed by atoms with Crippen LogP contribution < -0.4 is 0 Å². The Bertz CT molecular complexity index is 281. The predicted molar refractivity (Wildman–Crippen MR) is 54.1 cm³/mol. The molecule has 0 aromatic heterocycles. The molecule has 0 aliphatic rings. The van der Waals surface area contributed by atoms with Crippen LogP contribution in [-0.2, 0) is 19.1 Å². The average molecular weight is 215 g/mol. The molecular weight excluding hydrogens is 198 g/mol. The van der Waals surface area contributed by atoms with Gasteiger partial charge in [0, 0.05) is 14.1 Å². The highest BCUT2D eigenvalue weighted by molar-refractivity contribution is 6.10. The fraction of sp³-hybridized carbons (Fsp3) is 0.700. The fourth-order valence-corrected chi connectivity index (χ4v) is 1.10. The maximum atomic E-state index is 11.6. The monoisotopic (exact) mass is 215 g/mol. The van der Waals surface area contributed by atoms with Crippen LogP contribution in [0.4, 0.5) is 0 Å². The Morgan fingerprint density at radius 3 is 2.00 bits per heavy atom. The SMILES string of the molecule is COC(=O)CC(=O)C(C)(C)C(=O)N(C)C. The molecule has 0 saturated heterocycles. The summed E-state index contributed by atoms with van der Waals surface area (Å²) in [5.74, 6) is -1.39. The minimum absolute atomic E-state index is 0.323. The normalized spacial score (nSPS) is 10.7. The van der Waals surface area contributed by atoms with Crippen LogP contribution in [-0.4, -0.2) is 43.8 Å². The zero-order chi connectivity index (χ0) is 12.2. The Hall–Kier alpha value is -1.39. The molecule has 0 bridgehead atoms. The summed E-state index contributed by atoms with van der Waals surface area (Å²) in [6.45, 7) is 3.00. The number of hydrogen-bond donors (Lipinski definition) is 0. The lowest BCUT2D eigenvalue weighted by Gasteiger charge is -2.25. The molecular formula is C10H17NO4. The quantitative estimate of drug-likeness (QED) is 0.497.